The Morgan fingerprint density at radius 1 is 1.20 bits per heavy atom. The number of H-pyrrole nitrogens is 1. The van der Waals surface area contributed by atoms with Crippen LogP contribution in [0.4, 0.5) is 11.5 Å². The number of ether oxygens (including phenoxy) is 1. The highest BCUT2D eigenvalue weighted by atomic mass is 35.5. The molecule has 0 radical (unpaired) electrons. The fourth-order valence-corrected chi connectivity index (χ4v) is 2.48. The molecule has 25 heavy (non-hydrogen) atoms. The average Bonchev–Trinajstić information content (AvgIpc) is 3.08. The molecule has 0 saturated carbocycles. The maximum Gasteiger partial charge on any atom is 0.275 e. The van der Waals surface area contributed by atoms with Crippen molar-refractivity contribution >= 4 is 29.0 Å². The molecule has 1 heterocycles. The molecule has 0 unspecified atom stereocenters. The number of nitrogens with one attached hydrogen (secondary N) is 3. The van der Waals surface area contributed by atoms with Crippen molar-refractivity contribution in [2.45, 2.75) is 6.54 Å². The number of methoxy groups -OCH3 is 1. The highest BCUT2D eigenvalue weighted by molar-refractivity contribution is 6.30. The van der Waals surface area contributed by atoms with E-state index in [2.05, 4.69) is 26.0 Å². The van der Waals surface area contributed by atoms with Gasteiger partial charge in [0.25, 0.3) is 5.91 Å². The molecule has 1 amide bonds. The van der Waals surface area contributed by atoms with Gasteiger partial charge in [0.15, 0.2) is 11.5 Å². The molecular formula is C17H16ClN5O2. The molecule has 2 aromatic carbocycles. The van der Waals surface area contributed by atoms with Crippen LogP contribution in [0.1, 0.15) is 16.1 Å². The van der Waals surface area contributed by atoms with E-state index in [9.17, 15) is 4.79 Å². The zero-order valence-corrected chi connectivity index (χ0v) is 14.2. The van der Waals surface area contributed by atoms with Crippen LogP contribution in [0.3, 0.4) is 0 Å². The minimum atomic E-state index is -0.357. The summed E-state index contributed by atoms with van der Waals surface area (Å²) in [6.07, 6.45) is 0. The lowest BCUT2D eigenvalue weighted by Crippen LogP contribution is -2.24. The normalized spacial score (nSPS) is 10.3. The van der Waals surface area contributed by atoms with Crippen LogP contribution in [0.5, 0.6) is 5.75 Å². The van der Waals surface area contributed by atoms with Gasteiger partial charge in [0.1, 0.15) is 5.75 Å². The molecule has 7 nitrogen and oxygen atoms in total. The largest absolute Gasteiger partial charge is 0.496 e. The quantitative estimate of drug-likeness (QED) is 0.630. The van der Waals surface area contributed by atoms with Gasteiger partial charge in [0.2, 0.25) is 0 Å². The fourth-order valence-electron chi connectivity index (χ4n) is 2.29. The van der Waals surface area contributed by atoms with Crippen molar-refractivity contribution in [1.82, 2.24) is 20.7 Å². The van der Waals surface area contributed by atoms with E-state index in [-0.39, 0.29) is 11.6 Å². The van der Waals surface area contributed by atoms with Crippen LogP contribution in [0.25, 0.3) is 0 Å². The van der Waals surface area contributed by atoms with Crippen molar-refractivity contribution in [3.05, 3.63) is 64.8 Å². The van der Waals surface area contributed by atoms with Gasteiger partial charge in [-0.15, -0.1) is 10.2 Å². The molecule has 0 saturated heterocycles. The van der Waals surface area contributed by atoms with Gasteiger partial charge < -0.3 is 15.4 Å². The Balaban J connectivity index is 1.70. The summed E-state index contributed by atoms with van der Waals surface area (Å²) in [5, 5.41) is 16.7. The second kappa shape index (κ2) is 7.67. The molecule has 0 aliphatic carbocycles. The summed E-state index contributed by atoms with van der Waals surface area (Å²) in [5.74, 6) is 0.671. The van der Waals surface area contributed by atoms with Crippen LogP contribution in [0.15, 0.2) is 48.5 Å². The van der Waals surface area contributed by atoms with E-state index in [0.29, 0.717) is 28.8 Å². The van der Waals surface area contributed by atoms with Crippen LogP contribution >= 0.6 is 11.6 Å². The van der Waals surface area contributed by atoms with Crippen LogP contribution in [0, 0.1) is 0 Å². The van der Waals surface area contributed by atoms with Crippen LogP contribution in [-0.4, -0.2) is 28.4 Å². The molecular weight excluding hydrogens is 342 g/mol. The number of hydrogen-bond donors (Lipinski definition) is 3. The first-order valence-electron chi connectivity index (χ1n) is 7.51. The van der Waals surface area contributed by atoms with Gasteiger partial charge in [-0.1, -0.05) is 35.9 Å². The standard InChI is InChI=1S/C17H16ClN5O2/c1-25-14-8-3-2-5-11(14)10-19-17(24)15-16(22-23-21-15)20-13-7-4-6-12(18)9-13/h2-9H,10H2,1H3,(H,19,24)(H2,20,21,22,23). The molecule has 0 spiro atoms. The molecule has 128 valence electrons. The first-order chi connectivity index (χ1) is 12.2. The monoisotopic (exact) mass is 357 g/mol. The Kier molecular flexibility index (Phi) is 5.15. The third kappa shape index (κ3) is 4.07. The number of hydrogen-bond acceptors (Lipinski definition) is 5. The molecule has 3 aromatic rings. The molecule has 0 fully saturated rings. The van der Waals surface area contributed by atoms with Crippen molar-refractivity contribution in [2.24, 2.45) is 0 Å². The summed E-state index contributed by atoms with van der Waals surface area (Å²) >= 11 is 5.96. The number of nitrogens with zero attached hydrogens (tertiary/aromatic N) is 2. The van der Waals surface area contributed by atoms with Gasteiger partial charge in [-0.3, -0.25) is 4.79 Å². The van der Waals surface area contributed by atoms with Crippen LogP contribution in [-0.2, 0) is 6.54 Å². The molecule has 0 aliphatic heterocycles. The van der Waals surface area contributed by atoms with E-state index in [1.54, 1.807) is 25.3 Å². The molecule has 8 heteroatoms. The summed E-state index contributed by atoms with van der Waals surface area (Å²) in [5.41, 5.74) is 1.74. The minimum Gasteiger partial charge on any atom is -0.496 e. The number of rotatable bonds is 6. The van der Waals surface area contributed by atoms with Crippen molar-refractivity contribution in [1.29, 1.82) is 0 Å². The first-order valence-corrected chi connectivity index (χ1v) is 7.88. The van der Waals surface area contributed by atoms with Crippen LogP contribution < -0.4 is 15.4 Å². The summed E-state index contributed by atoms with van der Waals surface area (Å²) in [6, 6.07) is 14.6. The van der Waals surface area contributed by atoms with Gasteiger partial charge in [-0.2, -0.15) is 5.21 Å². The molecule has 1 aromatic heterocycles. The number of halogens is 1. The summed E-state index contributed by atoms with van der Waals surface area (Å²) in [6.45, 7) is 0.312. The Hall–Kier alpha value is -3.06. The van der Waals surface area contributed by atoms with Gasteiger partial charge >= 0.3 is 0 Å². The van der Waals surface area contributed by atoms with E-state index in [4.69, 9.17) is 16.3 Å². The van der Waals surface area contributed by atoms with E-state index in [1.165, 1.54) is 0 Å². The number of aromatic amines is 1. The number of benzene rings is 2. The molecule has 0 atom stereocenters. The number of carbonyl (C=O) groups excluding carboxylic acids is 1. The first kappa shape index (κ1) is 16.8. The topological polar surface area (TPSA) is 91.9 Å². The van der Waals surface area contributed by atoms with Gasteiger partial charge in [-0.25, -0.2) is 0 Å². The molecule has 3 rings (SSSR count). The summed E-state index contributed by atoms with van der Waals surface area (Å²) in [7, 11) is 1.59. The lowest BCUT2D eigenvalue weighted by molar-refractivity contribution is 0.0946. The molecule has 0 bridgehead atoms. The third-order valence-corrected chi connectivity index (χ3v) is 3.72. The number of para-hydroxylation sites is 1. The van der Waals surface area contributed by atoms with Crippen molar-refractivity contribution < 1.29 is 9.53 Å². The average molecular weight is 358 g/mol. The minimum absolute atomic E-state index is 0.162. The Bertz CT molecular complexity index is 881. The van der Waals surface area contributed by atoms with Gasteiger partial charge in [-0.05, 0) is 24.3 Å². The zero-order valence-electron chi connectivity index (χ0n) is 13.4. The van der Waals surface area contributed by atoms with E-state index in [1.807, 2.05) is 30.3 Å². The number of anilines is 2. The smallest absolute Gasteiger partial charge is 0.275 e. The number of aromatic nitrogens is 3. The second-order valence-electron chi connectivity index (χ2n) is 5.15. The van der Waals surface area contributed by atoms with E-state index < -0.39 is 0 Å². The SMILES string of the molecule is COc1ccccc1CNC(=O)c1n[nH]nc1Nc1cccc(Cl)c1. The summed E-state index contributed by atoms with van der Waals surface area (Å²) < 4.78 is 5.27. The van der Waals surface area contributed by atoms with Gasteiger partial charge in [0.05, 0.1) is 7.11 Å². The third-order valence-electron chi connectivity index (χ3n) is 3.48. The highest BCUT2D eigenvalue weighted by Gasteiger charge is 2.17. The Labute approximate surface area is 149 Å². The number of amides is 1. The van der Waals surface area contributed by atoms with Gasteiger partial charge in [0, 0.05) is 22.8 Å². The molecule has 0 aliphatic rings. The van der Waals surface area contributed by atoms with Crippen molar-refractivity contribution in [3.8, 4) is 5.75 Å². The Morgan fingerprint density at radius 2 is 2.04 bits per heavy atom. The lowest BCUT2D eigenvalue weighted by Gasteiger charge is -2.09. The lowest BCUT2D eigenvalue weighted by atomic mass is 10.2. The Morgan fingerprint density at radius 3 is 2.84 bits per heavy atom. The maximum atomic E-state index is 12.4. The second-order valence-corrected chi connectivity index (χ2v) is 5.59. The zero-order chi connectivity index (χ0) is 17.6. The predicted octanol–water partition coefficient (Wildman–Crippen LogP) is 3.14. The predicted molar refractivity (Wildman–Crippen MR) is 95.3 cm³/mol. The number of carbonyl (C=O) groups is 1. The maximum absolute atomic E-state index is 12.4. The highest BCUT2D eigenvalue weighted by Crippen LogP contribution is 2.21. The molecule has 3 N–H and O–H groups in total. The fraction of sp³-hybridized carbons (Fsp3) is 0.118. The van der Waals surface area contributed by atoms with Crippen LogP contribution in [0.2, 0.25) is 5.02 Å². The summed E-state index contributed by atoms with van der Waals surface area (Å²) in [4.78, 5) is 12.4. The van der Waals surface area contributed by atoms with Crippen molar-refractivity contribution in [3.63, 3.8) is 0 Å². The van der Waals surface area contributed by atoms with E-state index in [0.717, 1.165) is 5.56 Å². The van der Waals surface area contributed by atoms with E-state index >= 15 is 0 Å². The van der Waals surface area contributed by atoms with Crippen molar-refractivity contribution in [2.75, 3.05) is 12.4 Å².